The first-order valence-corrected chi connectivity index (χ1v) is 15.0. The zero-order valence-electron chi connectivity index (χ0n) is 26.7. The number of fused-ring (bicyclic) bond motifs is 1. The molecule has 0 aliphatic rings. The number of anilines is 1. The van der Waals surface area contributed by atoms with E-state index in [1.807, 2.05) is 66.7 Å². The minimum atomic E-state index is -0.396. The van der Waals surface area contributed by atoms with Gasteiger partial charge in [-0.05, 0) is 65.8 Å². The highest BCUT2D eigenvalue weighted by Crippen LogP contribution is 2.24. The summed E-state index contributed by atoms with van der Waals surface area (Å²) in [6.45, 7) is 4.29. The molecule has 8 nitrogen and oxygen atoms in total. The van der Waals surface area contributed by atoms with Gasteiger partial charge in [-0.15, -0.1) is 0 Å². The maximum Gasteiger partial charge on any atom is 0.330 e. The number of nitrogens with two attached hydrogens (primary N) is 1. The topological polar surface area (TPSA) is 121 Å². The largest absolute Gasteiger partial charge is 0.497 e. The number of hydrogen-bond donors (Lipinski definition) is 2. The molecule has 5 aromatic carbocycles. The van der Waals surface area contributed by atoms with E-state index in [2.05, 4.69) is 18.7 Å². The van der Waals surface area contributed by atoms with Crippen LogP contribution in [0.1, 0.15) is 28.8 Å². The lowest BCUT2D eigenvalue weighted by Gasteiger charge is -2.08. The molecule has 0 saturated carbocycles. The lowest BCUT2D eigenvalue weighted by atomic mass is 10.0. The van der Waals surface area contributed by atoms with E-state index in [0.29, 0.717) is 24.5 Å². The molecular formula is C39H40N2O6. The molecular weight excluding hydrogens is 592 g/mol. The first-order chi connectivity index (χ1) is 22.9. The molecule has 8 heteroatoms. The third-order valence-corrected chi connectivity index (χ3v) is 6.87. The van der Waals surface area contributed by atoms with Crippen molar-refractivity contribution < 1.29 is 28.5 Å². The summed E-state index contributed by atoms with van der Waals surface area (Å²) in [7, 11) is 3.17. The van der Waals surface area contributed by atoms with E-state index in [4.69, 9.17) is 30.1 Å². The molecule has 0 aliphatic carbocycles. The predicted octanol–water partition coefficient (Wildman–Crippen LogP) is 8.18. The van der Waals surface area contributed by atoms with Crippen molar-refractivity contribution in [1.29, 1.82) is 5.41 Å². The van der Waals surface area contributed by atoms with Gasteiger partial charge in [0, 0.05) is 34.5 Å². The summed E-state index contributed by atoms with van der Waals surface area (Å²) in [5.74, 6) is 1.82. The second-order valence-corrected chi connectivity index (χ2v) is 10.0. The zero-order chi connectivity index (χ0) is 33.9. The van der Waals surface area contributed by atoms with Crippen LogP contribution in [0.25, 0.3) is 21.9 Å². The van der Waals surface area contributed by atoms with Gasteiger partial charge in [-0.3, -0.25) is 4.79 Å². The van der Waals surface area contributed by atoms with Gasteiger partial charge >= 0.3 is 5.97 Å². The highest BCUT2D eigenvalue weighted by atomic mass is 16.5. The molecule has 0 radical (unpaired) electrons. The van der Waals surface area contributed by atoms with Gasteiger partial charge < -0.3 is 30.1 Å². The lowest BCUT2D eigenvalue weighted by molar-refractivity contribution is -0.137. The van der Waals surface area contributed by atoms with Gasteiger partial charge in [-0.1, -0.05) is 79.4 Å². The molecule has 242 valence electrons. The number of carbonyl (C=O) groups excluding carboxylic acids is 2. The van der Waals surface area contributed by atoms with Crippen LogP contribution in [0.3, 0.4) is 0 Å². The molecule has 0 saturated heterocycles. The third-order valence-electron chi connectivity index (χ3n) is 6.87. The third kappa shape index (κ3) is 11.5. The predicted molar refractivity (Wildman–Crippen MR) is 189 cm³/mol. The molecule has 0 atom stereocenters. The van der Waals surface area contributed by atoms with Crippen LogP contribution in [0.4, 0.5) is 5.69 Å². The number of hydrogen-bond acceptors (Lipinski definition) is 8. The monoisotopic (exact) mass is 632 g/mol. The molecule has 47 heavy (non-hydrogen) atoms. The first kappa shape index (κ1) is 35.6. The van der Waals surface area contributed by atoms with E-state index >= 15 is 0 Å². The second-order valence-electron chi connectivity index (χ2n) is 10.0. The number of aldehydes is 1. The van der Waals surface area contributed by atoms with Crippen molar-refractivity contribution in [1.82, 2.24) is 0 Å². The Bertz CT molecular complexity index is 1730. The number of carbonyl (C=O) groups is 2. The Balaban J connectivity index is 0.000000216. The van der Waals surface area contributed by atoms with Crippen LogP contribution in [0.15, 0.2) is 122 Å². The Labute approximate surface area is 275 Å². The van der Waals surface area contributed by atoms with E-state index in [0.717, 1.165) is 64.5 Å². The minimum Gasteiger partial charge on any atom is -0.497 e. The fraction of sp³-hybridized carbons (Fsp3) is 0.154. The Kier molecular flexibility index (Phi) is 14.8. The van der Waals surface area contributed by atoms with Gasteiger partial charge in [0.15, 0.2) is 0 Å². The van der Waals surface area contributed by atoms with Crippen molar-refractivity contribution in [3.63, 3.8) is 0 Å². The van der Waals surface area contributed by atoms with Gasteiger partial charge in [0.25, 0.3) is 0 Å². The maximum atomic E-state index is 10.9. The van der Waals surface area contributed by atoms with Gasteiger partial charge in [0.1, 0.15) is 23.5 Å². The molecule has 0 bridgehead atoms. The Morgan fingerprint density at radius 2 is 1.43 bits per heavy atom. The Morgan fingerprint density at radius 1 is 0.787 bits per heavy atom. The summed E-state index contributed by atoms with van der Waals surface area (Å²) >= 11 is 0. The molecule has 0 aromatic heterocycles. The number of unbranched alkanes of at least 4 members (excludes halogenated alkanes) is 1. The smallest absolute Gasteiger partial charge is 0.330 e. The molecule has 3 N–H and O–H groups in total. The quantitative estimate of drug-likeness (QED) is 0.0355. The lowest BCUT2D eigenvalue weighted by Crippen LogP contribution is -2.04. The SMILES string of the molecule is C=CC(=O)OCCCCOc1ccc(-c2ccc(C=O)cc2)cc1.COc1ccc(OC)c(C=N)c1.Nc1cccc2ccccc12. The molecule has 0 amide bonds. The highest BCUT2D eigenvalue weighted by molar-refractivity contribution is 5.92. The van der Waals surface area contributed by atoms with E-state index in [1.165, 1.54) is 11.6 Å². The van der Waals surface area contributed by atoms with Crippen LogP contribution in [0.2, 0.25) is 0 Å². The van der Waals surface area contributed by atoms with Crippen LogP contribution in [0.5, 0.6) is 17.2 Å². The summed E-state index contributed by atoms with van der Waals surface area (Å²) in [4.78, 5) is 21.5. The average Bonchev–Trinajstić information content (AvgIpc) is 3.13. The van der Waals surface area contributed by atoms with Crippen molar-refractivity contribution in [2.45, 2.75) is 12.8 Å². The molecule has 5 aromatic rings. The van der Waals surface area contributed by atoms with Gasteiger partial charge in [0.05, 0.1) is 27.4 Å². The molecule has 0 heterocycles. The van der Waals surface area contributed by atoms with Crippen LogP contribution < -0.4 is 19.9 Å². The van der Waals surface area contributed by atoms with Crippen molar-refractivity contribution in [2.75, 3.05) is 33.2 Å². The van der Waals surface area contributed by atoms with Gasteiger partial charge in [-0.25, -0.2) is 4.79 Å². The van der Waals surface area contributed by atoms with Crippen molar-refractivity contribution >= 4 is 34.9 Å². The molecule has 0 spiro atoms. The number of rotatable bonds is 12. The second kappa shape index (κ2) is 19.5. The van der Waals surface area contributed by atoms with E-state index < -0.39 is 5.97 Å². The van der Waals surface area contributed by atoms with Crippen molar-refractivity contribution in [3.05, 3.63) is 133 Å². The van der Waals surface area contributed by atoms with E-state index in [1.54, 1.807) is 44.6 Å². The normalized spacial score (nSPS) is 9.83. The number of nitrogens with one attached hydrogen (secondary N) is 1. The van der Waals surface area contributed by atoms with E-state index in [-0.39, 0.29) is 0 Å². The number of benzene rings is 5. The highest BCUT2D eigenvalue weighted by Gasteiger charge is 2.02. The zero-order valence-corrected chi connectivity index (χ0v) is 26.7. The summed E-state index contributed by atoms with van der Waals surface area (Å²) < 4.78 is 20.6. The summed E-state index contributed by atoms with van der Waals surface area (Å²) in [5, 5.41) is 9.43. The molecule has 0 aliphatic heterocycles. The fourth-order valence-corrected chi connectivity index (χ4v) is 4.33. The fourth-order valence-electron chi connectivity index (χ4n) is 4.33. The first-order valence-electron chi connectivity index (χ1n) is 15.0. The van der Waals surface area contributed by atoms with Gasteiger partial charge in [-0.2, -0.15) is 0 Å². The van der Waals surface area contributed by atoms with Crippen LogP contribution in [0, 0.1) is 5.41 Å². The number of ether oxygens (including phenoxy) is 4. The van der Waals surface area contributed by atoms with Crippen molar-refractivity contribution in [3.8, 4) is 28.4 Å². The number of esters is 1. The minimum absolute atomic E-state index is 0.379. The summed E-state index contributed by atoms with van der Waals surface area (Å²) in [6.07, 6.45) is 4.78. The summed E-state index contributed by atoms with van der Waals surface area (Å²) in [5.41, 5.74) is 10.1. The number of nitrogen functional groups attached to an aromatic ring is 1. The van der Waals surface area contributed by atoms with E-state index in [9.17, 15) is 9.59 Å². The maximum absolute atomic E-state index is 10.9. The molecule has 5 rings (SSSR count). The van der Waals surface area contributed by atoms with Crippen LogP contribution in [-0.4, -0.2) is 45.9 Å². The molecule has 0 fully saturated rings. The molecule has 0 unspecified atom stereocenters. The van der Waals surface area contributed by atoms with Gasteiger partial charge in [0.2, 0.25) is 0 Å². The Hall–Kier alpha value is -5.89. The summed E-state index contributed by atoms with van der Waals surface area (Å²) in [6, 6.07) is 34.6. The number of methoxy groups -OCH3 is 2. The average molecular weight is 633 g/mol. The van der Waals surface area contributed by atoms with Crippen molar-refractivity contribution in [2.24, 2.45) is 0 Å². The van der Waals surface area contributed by atoms with Crippen LogP contribution in [-0.2, 0) is 9.53 Å². The van der Waals surface area contributed by atoms with Crippen LogP contribution >= 0.6 is 0 Å². The Morgan fingerprint density at radius 3 is 2.04 bits per heavy atom. The standard InChI is InChI=1S/C20H20O4.C10H9N.C9H11NO2/c1-2-20(22)24-14-4-3-13-23-19-11-9-18(10-12-19)17-7-5-16(15-21)6-8-17;11-10-7-3-5-8-4-1-2-6-9(8)10;1-11-8-3-4-9(12-2)7(5-8)6-10/h2,5-12,15H,1,3-4,13-14H2;1-7H,11H2;3-6,10H,1-2H3.